The quantitative estimate of drug-likeness (QED) is 0.515. The average Bonchev–Trinajstić information content (AvgIpc) is 2.34. The van der Waals surface area contributed by atoms with Gasteiger partial charge in [0, 0.05) is 19.6 Å². The first-order valence-electron chi connectivity index (χ1n) is 6.13. The zero-order valence-corrected chi connectivity index (χ0v) is 9.99. The van der Waals surface area contributed by atoms with E-state index >= 15 is 0 Å². The minimum atomic E-state index is 0.108. The molecule has 0 radical (unpaired) electrons. The molecule has 1 saturated heterocycles. The van der Waals surface area contributed by atoms with E-state index in [1.807, 2.05) is 0 Å². The van der Waals surface area contributed by atoms with Gasteiger partial charge in [-0.05, 0) is 19.5 Å². The molecule has 0 spiro atoms. The van der Waals surface area contributed by atoms with Crippen molar-refractivity contribution >= 4 is 0 Å². The molecule has 0 aromatic heterocycles. The van der Waals surface area contributed by atoms with E-state index in [4.69, 9.17) is 14.6 Å². The molecule has 16 heavy (non-hydrogen) atoms. The van der Waals surface area contributed by atoms with Gasteiger partial charge in [0.2, 0.25) is 0 Å². The Kier molecular flexibility index (Phi) is 8.65. The van der Waals surface area contributed by atoms with Crippen molar-refractivity contribution in [3.8, 4) is 0 Å². The largest absolute Gasteiger partial charge is 0.394 e. The molecule has 0 aliphatic carbocycles. The third-order valence-corrected chi connectivity index (χ3v) is 2.59. The molecule has 1 aliphatic heterocycles. The number of rotatable bonds is 9. The maximum atomic E-state index is 8.49. The number of hydrogen-bond acceptors (Lipinski definition) is 5. The van der Waals surface area contributed by atoms with Crippen LogP contribution in [0, 0.1) is 0 Å². The van der Waals surface area contributed by atoms with Crippen molar-refractivity contribution in [2.45, 2.75) is 6.42 Å². The van der Waals surface area contributed by atoms with E-state index in [1.165, 1.54) is 6.42 Å². The van der Waals surface area contributed by atoms with Gasteiger partial charge in [-0.2, -0.15) is 0 Å². The fourth-order valence-corrected chi connectivity index (χ4v) is 1.69. The van der Waals surface area contributed by atoms with Crippen LogP contribution >= 0.6 is 0 Å². The van der Waals surface area contributed by atoms with Gasteiger partial charge in [-0.1, -0.05) is 0 Å². The molecule has 1 heterocycles. The van der Waals surface area contributed by atoms with E-state index in [2.05, 4.69) is 10.2 Å². The molecule has 96 valence electrons. The SMILES string of the molecule is OCCOCCNCCCN1CCOCC1. The third-order valence-electron chi connectivity index (χ3n) is 2.59. The molecular weight excluding hydrogens is 208 g/mol. The lowest BCUT2D eigenvalue weighted by atomic mass is 10.3. The maximum Gasteiger partial charge on any atom is 0.0698 e. The van der Waals surface area contributed by atoms with Gasteiger partial charge < -0.3 is 19.9 Å². The Morgan fingerprint density at radius 1 is 1.19 bits per heavy atom. The summed E-state index contributed by atoms with van der Waals surface area (Å²) in [4.78, 5) is 2.44. The monoisotopic (exact) mass is 232 g/mol. The molecule has 1 fully saturated rings. The second kappa shape index (κ2) is 9.99. The van der Waals surface area contributed by atoms with Gasteiger partial charge in [-0.15, -0.1) is 0 Å². The summed E-state index contributed by atoms with van der Waals surface area (Å²) in [5.74, 6) is 0. The summed E-state index contributed by atoms with van der Waals surface area (Å²) in [5, 5.41) is 11.8. The topological polar surface area (TPSA) is 54.0 Å². The Hall–Kier alpha value is -0.200. The number of nitrogens with one attached hydrogen (secondary N) is 1. The van der Waals surface area contributed by atoms with Crippen molar-refractivity contribution < 1.29 is 14.6 Å². The van der Waals surface area contributed by atoms with Crippen molar-refractivity contribution in [3.05, 3.63) is 0 Å². The van der Waals surface area contributed by atoms with Crippen molar-refractivity contribution in [2.75, 3.05) is 65.8 Å². The molecule has 1 aliphatic rings. The van der Waals surface area contributed by atoms with Crippen LogP contribution in [0.3, 0.4) is 0 Å². The highest BCUT2D eigenvalue weighted by Gasteiger charge is 2.08. The van der Waals surface area contributed by atoms with Crippen LogP contribution in [0.4, 0.5) is 0 Å². The van der Waals surface area contributed by atoms with Crippen LogP contribution in [0.25, 0.3) is 0 Å². The number of ether oxygens (including phenoxy) is 2. The third kappa shape index (κ3) is 7.14. The van der Waals surface area contributed by atoms with Crippen LogP contribution < -0.4 is 5.32 Å². The van der Waals surface area contributed by atoms with Crippen molar-refractivity contribution in [3.63, 3.8) is 0 Å². The molecule has 0 unspecified atom stereocenters. The first-order valence-corrected chi connectivity index (χ1v) is 6.13. The Labute approximate surface area is 97.7 Å². The van der Waals surface area contributed by atoms with Crippen LogP contribution in [-0.2, 0) is 9.47 Å². The minimum absolute atomic E-state index is 0.108. The van der Waals surface area contributed by atoms with Crippen molar-refractivity contribution in [1.82, 2.24) is 10.2 Å². The summed E-state index contributed by atoms with van der Waals surface area (Å²) in [6.45, 7) is 8.16. The predicted molar refractivity (Wildman–Crippen MR) is 62.7 cm³/mol. The Morgan fingerprint density at radius 3 is 2.75 bits per heavy atom. The van der Waals surface area contributed by atoms with Gasteiger partial charge >= 0.3 is 0 Å². The highest BCUT2D eigenvalue weighted by atomic mass is 16.5. The maximum absolute atomic E-state index is 8.49. The predicted octanol–water partition coefficient (Wildman–Crippen LogP) is -0.693. The standard InChI is InChI=1S/C11H24N2O3/c14-7-11-15-8-3-12-2-1-4-13-5-9-16-10-6-13/h12,14H,1-11H2. The van der Waals surface area contributed by atoms with Gasteiger partial charge in [-0.3, -0.25) is 4.90 Å². The molecule has 5 heteroatoms. The van der Waals surface area contributed by atoms with Crippen LogP contribution in [0.1, 0.15) is 6.42 Å². The smallest absolute Gasteiger partial charge is 0.0698 e. The minimum Gasteiger partial charge on any atom is -0.394 e. The van der Waals surface area contributed by atoms with Gasteiger partial charge in [0.15, 0.2) is 0 Å². The number of morpholine rings is 1. The van der Waals surface area contributed by atoms with Gasteiger partial charge in [0.1, 0.15) is 0 Å². The lowest BCUT2D eigenvalue weighted by Crippen LogP contribution is -2.37. The normalized spacial score (nSPS) is 17.8. The molecule has 0 aromatic rings. The number of hydrogen-bond donors (Lipinski definition) is 2. The highest BCUT2D eigenvalue weighted by Crippen LogP contribution is 1.96. The highest BCUT2D eigenvalue weighted by molar-refractivity contribution is 4.62. The average molecular weight is 232 g/mol. The van der Waals surface area contributed by atoms with E-state index in [-0.39, 0.29) is 6.61 Å². The van der Waals surface area contributed by atoms with E-state index in [0.717, 1.165) is 45.9 Å². The van der Waals surface area contributed by atoms with Crippen LogP contribution in [0.2, 0.25) is 0 Å². The Morgan fingerprint density at radius 2 is 2.00 bits per heavy atom. The number of aliphatic hydroxyl groups excluding tert-OH is 1. The van der Waals surface area contributed by atoms with Crippen LogP contribution in [0.5, 0.6) is 0 Å². The summed E-state index contributed by atoms with van der Waals surface area (Å²) in [6.07, 6.45) is 1.17. The lowest BCUT2D eigenvalue weighted by molar-refractivity contribution is 0.0373. The lowest BCUT2D eigenvalue weighted by Gasteiger charge is -2.26. The summed E-state index contributed by atoms with van der Waals surface area (Å²) >= 11 is 0. The molecule has 1 rings (SSSR count). The molecule has 0 bridgehead atoms. The molecule has 2 N–H and O–H groups in total. The summed E-state index contributed by atoms with van der Waals surface area (Å²) < 4.78 is 10.4. The molecule has 0 saturated carbocycles. The molecular formula is C11H24N2O3. The Balaban J connectivity index is 1.77. The Bertz CT molecular complexity index is 152. The van der Waals surface area contributed by atoms with Crippen molar-refractivity contribution in [2.24, 2.45) is 0 Å². The second-order valence-electron chi connectivity index (χ2n) is 3.89. The first kappa shape index (κ1) is 13.9. The fourth-order valence-electron chi connectivity index (χ4n) is 1.69. The van der Waals surface area contributed by atoms with Crippen molar-refractivity contribution in [1.29, 1.82) is 0 Å². The van der Waals surface area contributed by atoms with Gasteiger partial charge in [-0.25, -0.2) is 0 Å². The van der Waals surface area contributed by atoms with E-state index in [9.17, 15) is 0 Å². The second-order valence-corrected chi connectivity index (χ2v) is 3.89. The van der Waals surface area contributed by atoms with Crippen LogP contribution in [0.15, 0.2) is 0 Å². The fraction of sp³-hybridized carbons (Fsp3) is 1.00. The summed E-state index contributed by atoms with van der Waals surface area (Å²) in [5.41, 5.74) is 0. The molecule has 0 atom stereocenters. The number of aliphatic hydroxyl groups is 1. The van der Waals surface area contributed by atoms with Gasteiger partial charge in [0.25, 0.3) is 0 Å². The van der Waals surface area contributed by atoms with E-state index in [0.29, 0.717) is 13.2 Å². The molecule has 5 nitrogen and oxygen atoms in total. The van der Waals surface area contributed by atoms with E-state index < -0.39 is 0 Å². The molecule has 0 amide bonds. The summed E-state index contributed by atoms with van der Waals surface area (Å²) in [7, 11) is 0. The zero-order valence-electron chi connectivity index (χ0n) is 9.99. The summed E-state index contributed by atoms with van der Waals surface area (Å²) in [6, 6.07) is 0. The van der Waals surface area contributed by atoms with Crippen LogP contribution in [-0.4, -0.2) is 75.8 Å². The zero-order chi connectivity index (χ0) is 11.5. The molecule has 0 aromatic carbocycles. The number of nitrogens with zero attached hydrogens (tertiary/aromatic N) is 1. The van der Waals surface area contributed by atoms with Gasteiger partial charge in [0.05, 0.1) is 33.0 Å². The first-order chi connectivity index (χ1) is 7.93. The van der Waals surface area contributed by atoms with E-state index in [1.54, 1.807) is 0 Å².